The third-order valence-corrected chi connectivity index (χ3v) is 7.66. The Bertz CT molecular complexity index is 1410. The molecule has 3 rings (SSSR count). The normalized spacial score (nSPS) is 16.5. The summed E-state index contributed by atoms with van der Waals surface area (Å²) in [7, 11) is 1.34. The molecule has 0 unspecified atom stereocenters. The van der Waals surface area contributed by atoms with Crippen LogP contribution in [0.1, 0.15) is 111 Å². The number of phenolic OH excluding ortho intramolecular Hbond substituents is 4. The maximum atomic E-state index is 12.9. The Morgan fingerprint density at radius 3 is 1.98 bits per heavy atom. The van der Waals surface area contributed by atoms with E-state index >= 15 is 0 Å². The first-order chi connectivity index (χ1) is 19.0. The number of carbonyl (C=O) groups is 2. The molecular weight excluding hydrogens is 528 g/mol. The highest BCUT2D eigenvalue weighted by Crippen LogP contribution is 2.56. The van der Waals surface area contributed by atoms with Crippen molar-refractivity contribution >= 4 is 11.6 Å². The van der Waals surface area contributed by atoms with E-state index in [0.717, 1.165) is 5.57 Å². The highest BCUT2D eigenvalue weighted by molar-refractivity contribution is 6.02. The van der Waals surface area contributed by atoms with E-state index in [2.05, 4.69) is 0 Å². The predicted molar refractivity (Wildman–Crippen MR) is 155 cm³/mol. The molecule has 1 aliphatic heterocycles. The molecule has 41 heavy (non-hydrogen) atoms. The molecule has 5 N–H and O–H groups in total. The lowest BCUT2D eigenvalue weighted by Crippen LogP contribution is -2.46. The number of Topliss-reactive ketones (excluding diaryl/α,β-unsaturated/α-hetero) is 2. The van der Waals surface area contributed by atoms with Gasteiger partial charge >= 0.3 is 0 Å². The van der Waals surface area contributed by atoms with E-state index < -0.39 is 46.4 Å². The van der Waals surface area contributed by atoms with E-state index in [4.69, 9.17) is 9.47 Å². The average molecular weight is 571 g/mol. The number of carbonyl (C=O) groups excluding carboxylic acids is 2. The van der Waals surface area contributed by atoms with Crippen LogP contribution in [0.5, 0.6) is 34.5 Å². The Morgan fingerprint density at radius 2 is 1.49 bits per heavy atom. The zero-order valence-electron chi connectivity index (χ0n) is 25.3. The molecule has 224 valence electrons. The highest BCUT2D eigenvalue weighted by atomic mass is 16.5. The number of phenols is 4. The number of aromatic hydroxyl groups is 4. The van der Waals surface area contributed by atoms with Gasteiger partial charge in [-0.1, -0.05) is 25.5 Å². The van der Waals surface area contributed by atoms with Crippen LogP contribution < -0.4 is 9.47 Å². The third-order valence-electron chi connectivity index (χ3n) is 7.66. The van der Waals surface area contributed by atoms with Crippen molar-refractivity contribution < 1.29 is 44.6 Å². The number of ether oxygens (including phenoxy) is 2. The lowest BCUT2D eigenvalue weighted by Gasteiger charge is -2.39. The fraction of sp³-hybridized carbons (Fsp3) is 0.500. The standard InChI is InChI=1S/C32H42O9/c1-14(2)10-11-18-26(36)24(28(38)22(16(5)33)30(18)40-9)19(12-15(3)4)25-27(37)20-13-21(35)32(7,8)41-31(20)23(17(6)34)29(25)39/h10,15,19,21,35-39H,11-13H2,1-9H3/t19-,21+/m0/s1. The van der Waals surface area contributed by atoms with E-state index in [-0.39, 0.29) is 75.8 Å². The number of benzene rings is 2. The van der Waals surface area contributed by atoms with Gasteiger partial charge in [0.25, 0.3) is 0 Å². The lowest BCUT2D eigenvalue weighted by molar-refractivity contribution is -0.0422. The van der Waals surface area contributed by atoms with Gasteiger partial charge in [-0.2, -0.15) is 0 Å². The van der Waals surface area contributed by atoms with Gasteiger partial charge in [-0.25, -0.2) is 0 Å². The Morgan fingerprint density at radius 1 is 0.951 bits per heavy atom. The molecule has 0 bridgehead atoms. The molecule has 0 spiro atoms. The third kappa shape index (κ3) is 5.73. The van der Waals surface area contributed by atoms with Crippen LogP contribution in [0.4, 0.5) is 0 Å². The summed E-state index contributed by atoms with van der Waals surface area (Å²) in [6.07, 6.45) is 1.10. The van der Waals surface area contributed by atoms with Gasteiger partial charge in [-0.15, -0.1) is 0 Å². The molecule has 0 aromatic heterocycles. The number of hydrogen-bond acceptors (Lipinski definition) is 9. The first-order valence-electron chi connectivity index (χ1n) is 13.7. The zero-order chi connectivity index (χ0) is 31.1. The van der Waals surface area contributed by atoms with Crippen molar-refractivity contribution in [1.82, 2.24) is 0 Å². The van der Waals surface area contributed by atoms with Gasteiger partial charge in [0, 0.05) is 34.6 Å². The number of aliphatic hydroxyl groups excluding tert-OH is 1. The van der Waals surface area contributed by atoms with Crippen molar-refractivity contribution in [2.75, 3.05) is 7.11 Å². The molecule has 0 radical (unpaired) electrons. The largest absolute Gasteiger partial charge is 0.507 e. The quantitative estimate of drug-likeness (QED) is 0.189. The van der Waals surface area contributed by atoms with Gasteiger partial charge in [0.15, 0.2) is 11.6 Å². The van der Waals surface area contributed by atoms with Crippen LogP contribution in [0.3, 0.4) is 0 Å². The molecule has 2 aromatic rings. The lowest BCUT2D eigenvalue weighted by atomic mass is 9.77. The van der Waals surface area contributed by atoms with Crippen LogP contribution in [-0.2, 0) is 12.8 Å². The zero-order valence-corrected chi connectivity index (χ0v) is 25.3. The van der Waals surface area contributed by atoms with Crippen molar-refractivity contribution in [3.8, 4) is 34.5 Å². The van der Waals surface area contributed by atoms with Gasteiger partial charge in [0.05, 0.1) is 13.2 Å². The molecule has 1 aliphatic rings. The number of aliphatic hydroxyl groups is 1. The first kappa shape index (κ1) is 31.8. The number of allylic oxidation sites excluding steroid dienone is 2. The van der Waals surface area contributed by atoms with Crippen molar-refractivity contribution in [2.45, 2.75) is 92.3 Å². The summed E-state index contributed by atoms with van der Waals surface area (Å²) in [4.78, 5) is 25.7. The fourth-order valence-electron chi connectivity index (χ4n) is 5.51. The summed E-state index contributed by atoms with van der Waals surface area (Å²) >= 11 is 0. The van der Waals surface area contributed by atoms with Crippen molar-refractivity contribution in [3.63, 3.8) is 0 Å². The van der Waals surface area contributed by atoms with E-state index in [0.29, 0.717) is 0 Å². The molecule has 2 aromatic carbocycles. The summed E-state index contributed by atoms with van der Waals surface area (Å²) in [6.45, 7) is 13.3. The van der Waals surface area contributed by atoms with Gasteiger partial charge in [0.1, 0.15) is 51.2 Å². The second-order valence-electron chi connectivity index (χ2n) is 12.0. The van der Waals surface area contributed by atoms with E-state index in [1.165, 1.54) is 21.0 Å². The van der Waals surface area contributed by atoms with Crippen LogP contribution in [-0.4, -0.2) is 55.9 Å². The van der Waals surface area contributed by atoms with E-state index in [1.54, 1.807) is 13.8 Å². The second-order valence-corrected chi connectivity index (χ2v) is 12.0. The molecule has 9 heteroatoms. The number of methoxy groups -OCH3 is 1. The maximum absolute atomic E-state index is 12.9. The van der Waals surface area contributed by atoms with Gasteiger partial charge < -0.3 is 35.0 Å². The second kappa shape index (κ2) is 11.6. The number of ketones is 2. The maximum Gasteiger partial charge on any atom is 0.167 e. The van der Waals surface area contributed by atoms with E-state index in [9.17, 15) is 35.1 Å². The molecule has 1 heterocycles. The topological polar surface area (TPSA) is 154 Å². The van der Waals surface area contributed by atoms with Gasteiger partial charge in [-0.05, 0) is 60.3 Å². The molecule has 0 aliphatic carbocycles. The molecular formula is C32H42O9. The molecule has 0 amide bonds. The Kier molecular flexibility index (Phi) is 9.03. The van der Waals surface area contributed by atoms with Crippen molar-refractivity contribution in [1.29, 1.82) is 0 Å². The fourth-order valence-corrected chi connectivity index (χ4v) is 5.51. The average Bonchev–Trinajstić information content (AvgIpc) is 2.83. The minimum absolute atomic E-state index is 0.0216. The Labute approximate surface area is 241 Å². The number of fused-ring (bicyclic) bond motifs is 1. The van der Waals surface area contributed by atoms with Crippen molar-refractivity contribution in [3.05, 3.63) is 45.0 Å². The minimum Gasteiger partial charge on any atom is -0.507 e. The monoisotopic (exact) mass is 570 g/mol. The molecule has 9 nitrogen and oxygen atoms in total. The predicted octanol–water partition coefficient (Wildman–Crippen LogP) is 5.68. The summed E-state index contributed by atoms with van der Waals surface area (Å²) < 4.78 is 11.5. The Hall–Kier alpha value is -3.72. The first-order valence-corrected chi connectivity index (χ1v) is 13.7. The van der Waals surface area contributed by atoms with Crippen LogP contribution in [0.15, 0.2) is 11.6 Å². The van der Waals surface area contributed by atoms with Crippen LogP contribution >= 0.6 is 0 Å². The van der Waals surface area contributed by atoms with Gasteiger partial charge in [-0.3, -0.25) is 9.59 Å². The molecule has 0 fully saturated rings. The summed E-state index contributed by atoms with van der Waals surface area (Å²) in [5.74, 6) is -4.09. The van der Waals surface area contributed by atoms with Crippen molar-refractivity contribution in [2.24, 2.45) is 5.92 Å². The minimum atomic E-state index is -1.10. The smallest absolute Gasteiger partial charge is 0.167 e. The van der Waals surface area contributed by atoms with E-state index in [1.807, 2.05) is 33.8 Å². The van der Waals surface area contributed by atoms with Crippen LogP contribution in [0.2, 0.25) is 0 Å². The molecule has 0 saturated carbocycles. The van der Waals surface area contributed by atoms with Gasteiger partial charge in [0.2, 0.25) is 0 Å². The molecule has 2 atom stereocenters. The SMILES string of the molecule is COc1c(CC=C(C)C)c(O)c([C@H](CC(C)C)c2c(O)c3c(c(C(C)=O)c2O)OC(C)(C)[C@H](O)C3)c(O)c1C(C)=O. The van der Waals surface area contributed by atoms with Crippen LogP contribution in [0.25, 0.3) is 0 Å². The number of rotatable bonds is 9. The summed E-state index contributed by atoms with van der Waals surface area (Å²) in [5.41, 5.74) is -0.284. The van der Waals surface area contributed by atoms with Crippen LogP contribution in [0, 0.1) is 5.92 Å². The Balaban J connectivity index is 2.52. The number of hydrogen-bond donors (Lipinski definition) is 5. The summed E-state index contributed by atoms with van der Waals surface area (Å²) in [6, 6.07) is 0. The molecule has 0 saturated heterocycles. The summed E-state index contributed by atoms with van der Waals surface area (Å²) in [5, 5.41) is 57.2. The highest BCUT2D eigenvalue weighted by Gasteiger charge is 2.43.